The molecule has 0 fully saturated rings. The largest absolute Gasteiger partial charge is 0.266 e. The average Bonchev–Trinajstić information content (AvgIpc) is 2.59. The van der Waals surface area contributed by atoms with Gasteiger partial charge >= 0.3 is 0 Å². The first-order valence-corrected chi connectivity index (χ1v) is 6.84. The summed E-state index contributed by atoms with van der Waals surface area (Å²) in [4.78, 5) is 5.79. The molecule has 0 unspecified atom stereocenters. The van der Waals surface area contributed by atoms with Gasteiger partial charge in [0.05, 0.1) is 6.54 Å². The van der Waals surface area contributed by atoms with E-state index in [0.29, 0.717) is 0 Å². The van der Waals surface area contributed by atoms with E-state index in [0.717, 1.165) is 10.9 Å². The highest BCUT2D eigenvalue weighted by molar-refractivity contribution is 8.38. The lowest BCUT2D eigenvalue weighted by Crippen LogP contribution is -1.83. The van der Waals surface area contributed by atoms with E-state index in [1.54, 1.807) is 34.9 Å². The second kappa shape index (κ2) is 5.67. The smallest absolute Gasteiger partial charge is 0.124 e. The lowest BCUT2D eigenvalue weighted by Gasteiger charge is -1.96. The molecule has 0 aliphatic heterocycles. The normalized spacial score (nSPS) is 9.83. The fourth-order valence-corrected chi connectivity index (χ4v) is 2.44. The van der Waals surface area contributed by atoms with E-state index in [1.807, 2.05) is 0 Å². The maximum absolute atomic E-state index is 4.46. The van der Waals surface area contributed by atoms with E-state index < -0.39 is 0 Å². The number of rotatable bonds is 2. The molecule has 0 atom stereocenters. The standard InChI is InChI=1S/C8H11NS3/c1-10-8(11-2)9-6-7-4-3-5-12-7/h3-5H,6H2,1-2H3. The van der Waals surface area contributed by atoms with Gasteiger partial charge in [-0.3, -0.25) is 4.99 Å². The highest BCUT2D eigenvalue weighted by atomic mass is 32.2. The van der Waals surface area contributed by atoms with Gasteiger partial charge in [-0.05, 0) is 24.0 Å². The summed E-state index contributed by atoms with van der Waals surface area (Å²) in [5.74, 6) is 0. The van der Waals surface area contributed by atoms with Crippen molar-refractivity contribution in [2.24, 2.45) is 4.99 Å². The first-order valence-electron chi connectivity index (χ1n) is 3.51. The predicted octanol–water partition coefficient (Wildman–Crippen LogP) is 3.33. The van der Waals surface area contributed by atoms with Crippen molar-refractivity contribution in [3.63, 3.8) is 0 Å². The molecule has 0 aromatic carbocycles. The Morgan fingerprint density at radius 3 is 2.75 bits per heavy atom. The van der Waals surface area contributed by atoms with Gasteiger partial charge in [0, 0.05) is 4.88 Å². The van der Waals surface area contributed by atoms with Crippen LogP contribution in [-0.4, -0.2) is 16.9 Å². The third-order valence-corrected chi connectivity index (χ3v) is 4.11. The molecule has 0 bridgehead atoms. The SMILES string of the molecule is CSC(=NCc1cccs1)SC. The summed E-state index contributed by atoms with van der Waals surface area (Å²) in [5.41, 5.74) is 0. The van der Waals surface area contributed by atoms with Crippen LogP contribution in [0.4, 0.5) is 0 Å². The average molecular weight is 217 g/mol. The quantitative estimate of drug-likeness (QED) is 0.556. The van der Waals surface area contributed by atoms with Crippen molar-refractivity contribution >= 4 is 39.2 Å². The minimum Gasteiger partial charge on any atom is -0.266 e. The summed E-state index contributed by atoms with van der Waals surface area (Å²) < 4.78 is 1.16. The zero-order valence-electron chi connectivity index (χ0n) is 7.11. The van der Waals surface area contributed by atoms with Gasteiger partial charge in [-0.1, -0.05) is 6.07 Å². The molecule has 1 heterocycles. The third-order valence-electron chi connectivity index (χ3n) is 1.29. The molecule has 0 saturated carbocycles. The van der Waals surface area contributed by atoms with Gasteiger partial charge in [-0.2, -0.15) is 0 Å². The molecule has 4 heteroatoms. The highest BCUT2D eigenvalue weighted by Crippen LogP contribution is 2.15. The number of aliphatic imine (C=N–C) groups is 1. The van der Waals surface area contributed by atoms with Crippen LogP contribution in [0.2, 0.25) is 0 Å². The molecule has 0 aliphatic rings. The Kier molecular flexibility index (Phi) is 4.80. The molecule has 1 rings (SSSR count). The molecular formula is C8H11NS3. The molecule has 1 aromatic heterocycles. The molecule has 0 amide bonds. The Bertz CT molecular complexity index is 235. The van der Waals surface area contributed by atoms with Crippen LogP contribution < -0.4 is 0 Å². The van der Waals surface area contributed by atoms with Crippen molar-refractivity contribution < 1.29 is 0 Å². The van der Waals surface area contributed by atoms with Gasteiger partial charge in [-0.15, -0.1) is 34.9 Å². The molecule has 1 aromatic rings. The molecule has 0 N–H and O–H groups in total. The Hall–Kier alpha value is 0.0700. The van der Waals surface area contributed by atoms with Crippen LogP contribution in [0.3, 0.4) is 0 Å². The van der Waals surface area contributed by atoms with Crippen molar-refractivity contribution in [2.75, 3.05) is 12.5 Å². The fraction of sp³-hybridized carbons (Fsp3) is 0.375. The van der Waals surface area contributed by atoms with Crippen LogP contribution in [0.5, 0.6) is 0 Å². The van der Waals surface area contributed by atoms with Crippen LogP contribution in [0.15, 0.2) is 22.5 Å². The van der Waals surface area contributed by atoms with Crippen LogP contribution >= 0.6 is 34.9 Å². The van der Waals surface area contributed by atoms with Gasteiger partial charge in [0.15, 0.2) is 0 Å². The van der Waals surface area contributed by atoms with Gasteiger partial charge in [0.2, 0.25) is 0 Å². The van der Waals surface area contributed by atoms with E-state index in [1.165, 1.54) is 4.88 Å². The molecule has 0 radical (unpaired) electrons. The van der Waals surface area contributed by atoms with Crippen molar-refractivity contribution in [2.45, 2.75) is 6.54 Å². The van der Waals surface area contributed by atoms with Crippen molar-refractivity contribution in [1.29, 1.82) is 0 Å². The number of hydrogen-bond acceptors (Lipinski definition) is 4. The van der Waals surface area contributed by atoms with Crippen LogP contribution in [-0.2, 0) is 6.54 Å². The summed E-state index contributed by atoms with van der Waals surface area (Å²) in [5, 5.41) is 2.09. The number of thioether (sulfide) groups is 2. The predicted molar refractivity (Wildman–Crippen MR) is 62.5 cm³/mol. The molecule has 0 saturated heterocycles. The molecule has 0 spiro atoms. The van der Waals surface area contributed by atoms with Crippen LogP contribution in [0.1, 0.15) is 4.88 Å². The summed E-state index contributed by atoms with van der Waals surface area (Å²) in [6.07, 6.45) is 4.12. The van der Waals surface area contributed by atoms with E-state index in [-0.39, 0.29) is 0 Å². The summed E-state index contributed by atoms with van der Waals surface area (Å²) in [6.45, 7) is 0.828. The van der Waals surface area contributed by atoms with E-state index in [9.17, 15) is 0 Å². The van der Waals surface area contributed by atoms with Gasteiger partial charge in [0.25, 0.3) is 0 Å². The number of nitrogens with zero attached hydrogens (tertiary/aromatic N) is 1. The number of hydrogen-bond donors (Lipinski definition) is 0. The van der Waals surface area contributed by atoms with Gasteiger partial charge in [-0.25, -0.2) is 0 Å². The van der Waals surface area contributed by atoms with E-state index >= 15 is 0 Å². The fourth-order valence-electron chi connectivity index (χ4n) is 0.757. The minimum absolute atomic E-state index is 0.828. The van der Waals surface area contributed by atoms with Crippen molar-refractivity contribution in [1.82, 2.24) is 0 Å². The topological polar surface area (TPSA) is 12.4 Å². The summed E-state index contributed by atoms with van der Waals surface area (Å²) >= 11 is 5.18. The second-order valence-electron chi connectivity index (χ2n) is 2.07. The van der Waals surface area contributed by atoms with Crippen LogP contribution in [0, 0.1) is 0 Å². The zero-order chi connectivity index (χ0) is 8.81. The minimum atomic E-state index is 0.828. The molecule has 1 nitrogen and oxygen atoms in total. The van der Waals surface area contributed by atoms with E-state index in [2.05, 4.69) is 35.0 Å². The first kappa shape index (κ1) is 10.2. The van der Waals surface area contributed by atoms with Gasteiger partial charge < -0.3 is 0 Å². The Morgan fingerprint density at radius 2 is 2.25 bits per heavy atom. The third kappa shape index (κ3) is 3.21. The summed E-state index contributed by atoms with van der Waals surface area (Å²) in [7, 11) is 0. The maximum atomic E-state index is 4.46. The Morgan fingerprint density at radius 1 is 1.50 bits per heavy atom. The lowest BCUT2D eigenvalue weighted by atomic mass is 10.5. The van der Waals surface area contributed by atoms with Gasteiger partial charge in [0.1, 0.15) is 4.38 Å². The zero-order valence-corrected chi connectivity index (χ0v) is 9.56. The molecule has 0 aliphatic carbocycles. The number of thiophene rings is 1. The maximum Gasteiger partial charge on any atom is 0.124 e. The Labute approximate surface area is 85.7 Å². The molecular weight excluding hydrogens is 206 g/mol. The molecule has 66 valence electrons. The van der Waals surface area contributed by atoms with Crippen LogP contribution in [0.25, 0.3) is 0 Å². The summed E-state index contributed by atoms with van der Waals surface area (Å²) in [6, 6.07) is 4.18. The first-order chi connectivity index (χ1) is 5.86. The van der Waals surface area contributed by atoms with Crippen molar-refractivity contribution in [3.8, 4) is 0 Å². The second-order valence-corrected chi connectivity index (χ2v) is 4.95. The lowest BCUT2D eigenvalue weighted by molar-refractivity contribution is 1.12. The molecule has 12 heavy (non-hydrogen) atoms. The Balaban J connectivity index is 2.47. The van der Waals surface area contributed by atoms with E-state index in [4.69, 9.17) is 0 Å². The highest BCUT2D eigenvalue weighted by Gasteiger charge is 1.94. The van der Waals surface area contributed by atoms with Crippen molar-refractivity contribution in [3.05, 3.63) is 22.4 Å². The monoisotopic (exact) mass is 217 g/mol.